The summed E-state index contributed by atoms with van der Waals surface area (Å²) in [6, 6.07) is 5.98. The number of thiophene rings is 1. The molecule has 0 radical (unpaired) electrons. The Morgan fingerprint density at radius 1 is 1.24 bits per heavy atom. The van der Waals surface area contributed by atoms with Crippen LogP contribution in [0, 0.1) is 26.7 Å². The largest absolute Gasteiger partial charge is 0.325 e. The molecule has 0 saturated heterocycles. The molecule has 0 fully saturated rings. The standard InChI is InChI=1S/C22H27N3O2S2/c1-13(2)6-8-25-21(27)20-17(7-9-28-20)23-22(25)29-12-18(26)24-19-15(4)10-14(3)11-16(19)5/h7,9-11,13H,6,8,12H2,1-5H3,(H,24,26). The zero-order chi connectivity index (χ0) is 21.1. The predicted octanol–water partition coefficient (Wildman–Crippen LogP) is 5.16. The first-order valence-corrected chi connectivity index (χ1v) is 11.6. The van der Waals surface area contributed by atoms with Crippen LogP contribution in [0.3, 0.4) is 0 Å². The molecule has 0 bridgehead atoms. The number of nitrogens with zero attached hydrogens (tertiary/aromatic N) is 2. The Balaban J connectivity index is 1.80. The third-order valence-corrected chi connectivity index (χ3v) is 6.60. The second-order valence-electron chi connectivity index (χ2n) is 7.78. The van der Waals surface area contributed by atoms with Gasteiger partial charge in [-0.25, -0.2) is 4.98 Å². The quantitative estimate of drug-likeness (QED) is 0.416. The minimum atomic E-state index is -0.0971. The second-order valence-corrected chi connectivity index (χ2v) is 9.64. The minimum absolute atomic E-state index is 0.0150. The SMILES string of the molecule is Cc1cc(C)c(NC(=O)CSc2nc3ccsc3c(=O)n2CCC(C)C)c(C)c1. The van der Waals surface area contributed by atoms with Gasteiger partial charge in [-0.05, 0) is 55.7 Å². The second kappa shape index (κ2) is 9.13. The van der Waals surface area contributed by atoms with Crippen molar-refractivity contribution in [1.82, 2.24) is 9.55 Å². The van der Waals surface area contributed by atoms with Crippen molar-refractivity contribution in [1.29, 1.82) is 0 Å². The minimum Gasteiger partial charge on any atom is -0.325 e. The number of aryl methyl sites for hydroxylation is 3. The van der Waals surface area contributed by atoms with E-state index in [0.717, 1.165) is 23.2 Å². The molecule has 154 valence electrons. The fourth-order valence-electron chi connectivity index (χ4n) is 3.30. The van der Waals surface area contributed by atoms with E-state index in [1.54, 1.807) is 4.57 Å². The molecule has 29 heavy (non-hydrogen) atoms. The van der Waals surface area contributed by atoms with E-state index in [1.807, 2.05) is 32.2 Å². The number of rotatable bonds is 7. The van der Waals surface area contributed by atoms with Crippen molar-refractivity contribution >= 4 is 44.9 Å². The molecular weight excluding hydrogens is 402 g/mol. The summed E-state index contributed by atoms with van der Waals surface area (Å²) in [5.41, 5.74) is 4.82. The lowest BCUT2D eigenvalue weighted by Crippen LogP contribution is -2.24. The van der Waals surface area contributed by atoms with Gasteiger partial charge in [0.1, 0.15) is 4.70 Å². The molecule has 0 saturated carbocycles. The fraction of sp³-hybridized carbons (Fsp3) is 0.409. The fourth-order valence-corrected chi connectivity index (χ4v) is 4.90. The molecule has 0 aliphatic rings. The monoisotopic (exact) mass is 429 g/mol. The maximum Gasteiger partial charge on any atom is 0.272 e. The number of benzene rings is 1. The number of thioether (sulfide) groups is 1. The molecule has 3 rings (SSSR count). The lowest BCUT2D eigenvalue weighted by Gasteiger charge is -2.14. The maximum absolute atomic E-state index is 12.9. The summed E-state index contributed by atoms with van der Waals surface area (Å²) >= 11 is 2.73. The summed E-state index contributed by atoms with van der Waals surface area (Å²) in [6.07, 6.45) is 0.889. The van der Waals surface area contributed by atoms with Gasteiger partial charge in [-0.15, -0.1) is 11.3 Å². The van der Waals surface area contributed by atoms with E-state index >= 15 is 0 Å². The smallest absolute Gasteiger partial charge is 0.272 e. The first kappa shape index (κ1) is 21.6. The van der Waals surface area contributed by atoms with Gasteiger partial charge in [-0.3, -0.25) is 14.2 Å². The van der Waals surface area contributed by atoms with Crippen molar-refractivity contribution in [2.45, 2.75) is 52.7 Å². The maximum atomic E-state index is 12.9. The van der Waals surface area contributed by atoms with Crippen LogP contribution in [0.25, 0.3) is 10.2 Å². The number of nitrogens with one attached hydrogen (secondary N) is 1. The van der Waals surface area contributed by atoms with E-state index < -0.39 is 0 Å². The van der Waals surface area contributed by atoms with Gasteiger partial charge in [-0.2, -0.15) is 0 Å². The first-order valence-electron chi connectivity index (χ1n) is 9.74. The summed E-state index contributed by atoms with van der Waals surface area (Å²) in [4.78, 5) is 30.2. The molecule has 2 heterocycles. The first-order chi connectivity index (χ1) is 13.8. The van der Waals surface area contributed by atoms with Gasteiger partial charge in [-0.1, -0.05) is 43.3 Å². The summed E-state index contributed by atoms with van der Waals surface area (Å²) < 4.78 is 2.40. The van der Waals surface area contributed by atoms with Crippen LogP contribution in [-0.2, 0) is 11.3 Å². The van der Waals surface area contributed by atoms with E-state index in [9.17, 15) is 9.59 Å². The molecule has 0 unspecified atom stereocenters. The third kappa shape index (κ3) is 5.08. The Morgan fingerprint density at radius 2 is 1.93 bits per heavy atom. The molecular formula is C22H27N3O2S2. The Bertz CT molecular complexity index is 1080. The van der Waals surface area contributed by atoms with Crippen LogP contribution in [-0.4, -0.2) is 21.2 Å². The summed E-state index contributed by atoms with van der Waals surface area (Å²) in [5, 5.41) is 5.51. The molecule has 0 spiro atoms. The van der Waals surface area contributed by atoms with E-state index in [1.165, 1.54) is 28.7 Å². The molecule has 0 aliphatic heterocycles. The van der Waals surface area contributed by atoms with Gasteiger partial charge < -0.3 is 5.32 Å². The lowest BCUT2D eigenvalue weighted by atomic mass is 10.1. The number of carbonyl (C=O) groups excluding carboxylic acids is 1. The van der Waals surface area contributed by atoms with Crippen LogP contribution in [0.5, 0.6) is 0 Å². The van der Waals surface area contributed by atoms with Gasteiger partial charge in [0, 0.05) is 12.2 Å². The number of carbonyl (C=O) groups is 1. The summed E-state index contributed by atoms with van der Waals surface area (Å²) in [7, 11) is 0. The van der Waals surface area contributed by atoms with Crippen LogP contribution in [0.2, 0.25) is 0 Å². The van der Waals surface area contributed by atoms with E-state index in [-0.39, 0.29) is 17.2 Å². The van der Waals surface area contributed by atoms with Crippen LogP contribution in [0.1, 0.15) is 37.0 Å². The molecule has 2 aromatic heterocycles. The molecule has 1 amide bonds. The van der Waals surface area contributed by atoms with Crippen molar-refractivity contribution in [3.05, 3.63) is 50.6 Å². The summed E-state index contributed by atoms with van der Waals surface area (Å²) in [5.74, 6) is 0.589. The van der Waals surface area contributed by atoms with Crippen LogP contribution >= 0.6 is 23.1 Å². The number of hydrogen-bond donors (Lipinski definition) is 1. The molecule has 1 N–H and O–H groups in total. The lowest BCUT2D eigenvalue weighted by molar-refractivity contribution is -0.113. The highest BCUT2D eigenvalue weighted by Crippen LogP contribution is 2.24. The molecule has 3 aromatic rings. The van der Waals surface area contributed by atoms with E-state index in [4.69, 9.17) is 0 Å². The zero-order valence-corrected chi connectivity index (χ0v) is 19.2. The highest BCUT2D eigenvalue weighted by Gasteiger charge is 2.15. The summed E-state index contributed by atoms with van der Waals surface area (Å²) in [6.45, 7) is 10.9. The molecule has 0 atom stereocenters. The van der Waals surface area contributed by atoms with Crippen molar-refractivity contribution in [2.75, 3.05) is 11.1 Å². The van der Waals surface area contributed by atoms with Crippen LogP contribution < -0.4 is 10.9 Å². The topological polar surface area (TPSA) is 64.0 Å². The van der Waals surface area contributed by atoms with Crippen molar-refractivity contribution in [3.8, 4) is 0 Å². The van der Waals surface area contributed by atoms with E-state index in [0.29, 0.717) is 27.8 Å². The Hall–Kier alpha value is -2.12. The predicted molar refractivity (Wildman–Crippen MR) is 123 cm³/mol. The Kier molecular flexibility index (Phi) is 6.80. The molecule has 7 heteroatoms. The average molecular weight is 430 g/mol. The van der Waals surface area contributed by atoms with Crippen molar-refractivity contribution in [2.24, 2.45) is 5.92 Å². The van der Waals surface area contributed by atoms with Crippen molar-refractivity contribution < 1.29 is 4.79 Å². The van der Waals surface area contributed by atoms with Crippen LogP contribution in [0.15, 0.2) is 33.5 Å². The van der Waals surface area contributed by atoms with Gasteiger partial charge in [0.15, 0.2) is 5.16 Å². The zero-order valence-electron chi connectivity index (χ0n) is 17.5. The van der Waals surface area contributed by atoms with Gasteiger partial charge in [0.25, 0.3) is 5.56 Å². The van der Waals surface area contributed by atoms with Crippen molar-refractivity contribution in [3.63, 3.8) is 0 Å². The highest BCUT2D eigenvalue weighted by molar-refractivity contribution is 7.99. The normalized spacial score (nSPS) is 11.4. The number of fused-ring (bicyclic) bond motifs is 1. The molecule has 5 nitrogen and oxygen atoms in total. The average Bonchev–Trinajstić information content (AvgIpc) is 3.11. The van der Waals surface area contributed by atoms with Gasteiger partial charge in [0.05, 0.1) is 11.3 Å². The number of aromatic nitrogens is 2. The highest BCUT2D eigenvalue weighted by atomic mass is 32.2. The molecule has 1 aromatic carbocycles. The third-order valence-electron chi connectivity index (χ3n) is 4.73. The number of anilines is 1. The van der Waals surface area contributed by atoms with Gasteiger partial charge >= 0.3 is 0 Å². The molecule has 0 aliphatic carbocycles. The Labute approximate surface area is 179 Å². The number of amides is 1. The number of hydrogen-bond acceptors (Lipinski definition) is 5. The Morgan fingerprint density at radius 3 is 2.59 bits per heavy atom. The van der Waals surface area contributed by atoms with E-state index in [2.05, 4.69) is 36.3 Å². The van der Waals surface area contributed by atoms with Gasteiger partial charge in [0.2, 0.25) is 5.91 Å². The van der Waals surface area contributed by atoms with Crippen LogP contribution in [0.4, 0.5) is 5.69 Å².